The zero-order valence-corrected chi connectivity index (χ0v) is 12.8. The van der Waals surface area contributed by atoms with Gasteiger partial charge in [-0.15, -0.1) is 0 Å². The van der Waals surface area contributed by atoms with E-state index in [4.69, 9.17) is 4.74 Å². The third kappa shape index (κ3) is 3.55. The molecule has 1 heterocycles. The Hall–Kier alpha value is -0.120. The van der Waals surface area contributed by atoms with Crippen molar-refractivity contribution in [3.05, 3.63) is 0 Å². The van der Waals surface area contributed by atoms with Gasteiger partial charge >= 0.3 is 0 Å². The summed E-state index contributed by atoms with van der Waals surface area (Å²) in [5, 5.41) is 9.79. The van der Waals surface area contributed by atoms with Crippen LogP contribution in [0.3, 0.4) is 0 Å². The molecule has 0 amide bonds. The molecule has 0 aromatic carbocycles. The second kappa shape index (κ2) is 7.24. The summed E-state index contributed by atoms with van der Waals surface area (Å²) >= 11 is 0. The van der Waals surface area contributed by atoms with E-state index in [1.807, 2.05) is 0 Å². The molecule has 0 unspecified atom stereocenters. The highest BCUT2D eigenvalue weighted by Gasteiger charge is 2.35. The Morgan fingerprint density at radius 1 is 0.650 bits per heavy atom. The zero-order valence-electron chi connectivity index (χ0n) is 12.8. The summed E-state index contributed by atoms with van der Waals surface area (Å²) in [4.78, 5) is 2.90. The maximum atomic E-state index is 9.79. The van der Waals surface area contributed by atoms with E-state index in [1.165, 1.54) is 57.8 Å². The van der Waals surface area contributed by atoms with Crippen LogP contribution < -0.4 is 0 Å². The maximum absolute atomic E-state index is 9.79. The SMILES string of the molecule is OC1CCC(N(C2CCCCC2)C2CCOCC2)CC1. The molecule has 1 saturated heterocycles. The summed E-state index contributed by atoms with van der Waals surface area (Å²) in [7, 11) is 0. The smallest absolute Gasteiger partial charge is 0.0541 e. The molecule has 0 spiro atoms. The maximum Gasteiger partial charge on any atom is 0.0541 e. The summed E-state index contributed by atoms with van der Waals surface area (Å²) in [6, 6.07) is 2.28. The van der Waals surface area contributed by atoms with Crippen molar-refractivity contribution in [2.75, 3.05) is 13.2 Å². The monoisotopic (exact) mass is 281 g/mol. The van der Waals surface area contributed by atoms with E-state index in [-0.39, 0.29) is 6.10 Å². The highest BCUT2D eigenvalue weighted by atomic mass is 16.5. The van der Waals surface area contributed by atoms with Crippen LogP contribution in [0.15, 0.2) is 0 Å². The Labute approximate surface area is 123 Å². The van der Waals surface area contributed by atoms with Crippen LogP contribution in [0.4, 0.5) is 0 Å². The number of hydrogen-bond acceptors (Lipinski definition) is 3. The van der Waals surface area contributed by atoms with Crippen molar-refractivity contribution < 1.29 is 9.84 Å². The van der Waals surface area contributed by atoms with Gasteiger partial charge in [0.1, 0.15) is 0 Å². The lowest BCUT2D eigenvalue weighted by Crippen LogP contribution is -2.53. The Morgan fingerprint density at radius 3 is 1.85 bits per heavy atom. The highest BCUT2D eigenvalue weighted by Crippen LogP contribution is 2.34. The molecule has 3 rings (SSSR count). The van der Waals surface area contributed by atoms with Gasteiger partial charge in [-0.05, 0) is 51.4 Å². The fourth-order valence-electron chi connectivity index (χ4n) is 4.61. The van der Waals surface area contributed by atoms with E-state index >= 15 is 0 Å². The highest BCUT2D eigenvalue weighted by molar-refractivity contribution is 4.90. The molecule has 0 bridgehead atoms. The predicted molar refractivity (Wildman–Crippen MR) is 80.8 cm³/mol. The van der Waals surface area contributed by atoms with Crippen molar-refractivity contribution in [3.8, 4) is 0 Å². The minimum absolute atomic E-state index is 0.0332. The third-order valence-electron chi connectivity index (χ3n) is 5.70. The largest absolute Gasteiger partial charge is 0.393 e. The van der Waals surface area contributed by atoms with Crippen LogP contribution in [0.5, 0.6) is 0 Å². The van der Waals surface area contributed by atoms with Crippen LogP contribution in [0.2, 0.25) is 0 Å². The van der Waals surface area contributed by atoms with Gasteiger partial charge < -0.3 is 9.84 Å². The summed E-state index contributed by atoms with van der Waals surface area (Å²) in [5.41, 5.74) is 0. The van der Waals surface area contributed by atoms with Gasteiger partial charge in [-0.2, -0.15) is 0 Å². The van der Waals surface area contributed by atoms with Crippen molar-refractivity contribution in [3.63, 3.8) is 0 Å². The average molecular weight is 281 g/mol. The first kappa shape index (κ1) is 14.8. The van der Waals surface area contributed by atoms with E-state index < -0.39 is 0 Å². The summed E-state index contributed by atoms with van der Waals surface area (Å²) in [5.74, 6) is 0. The molecule has 3 heteroatoms. The van der Waals surface area contributed by atoms with Crippen LogP contribution in [0, 0.1) is 0 Å². The Bertz CT molecular complexity index is 259. The molecule has 2 aliphatic carbocycles. The van der Waals surface area contributed by atoms with Gasteiger partial charge in [0.2, 0.25) is 0 Å². The molecular formula is C17H31NO2. The fourth-order valence-corrected chi connectivity index (χ4v) is 4.61. The van der Waals surface area contributed by atoms with Crippen molar-refractivity contribution in [1.82, 2.24) is 4.90 Å². The quantitative estimate of drug-likeness (QED) is 0.863. The number of ether oxygens (including phenoxy) is 1. The van der Waals surface area contributed by atoms with Gasteiger partial charge in [-0.3, -0.25) is 4.90 Å². The van der Waals surface area contributed by atoms with Crippen LogP contribution in [-0.4, -0.2) is 47.4 Å². The summed E-state index contributed by atoms with van der Waals surface area (Å²) in [6.07, 6.45) is 13.9. The molecular weight excluding hydrogens is 250 g/mol. The van der Waals surface area contributed by atoms with E-state index in [2.05, 4.69) is 4.90 Å². The van der Waals surface area contributed by atoms with E-state index in [1.54, 1.807) is 0 Å². The van der Waals surface area contributed by atoms with E-state index in [0.29, 0.717) is 0 Å². The molecule has 3 fully saturated rings. The van der Waals surface area contributed by atoms with E-state index in [0.717, 1.165) is 44.2 Å². The van der Waals surface area contributed by atoms with Gasteiger partial charge in [0.05, 0.1) is 6.10 Å². The molecule has 116 valence electrons. The number of aliphatic hydroxyl groups excluding tert-OH is 1. The number of rotatable bonds is 3. The Morgan fingerprint density at radius 2 is 1.20 bits per heavy atom. The minimum atomic E-state index is -0.0332. The zero-order chi connectivity index (χ0) is 13.8. The molecule has 2 saturated carbocycles. The van der Waals surface area contributed by atoms with Crippen LogP contribution in [0.1, 0.15) is 70.6 Å². The molecule has 0 aromatic heterocycles. The molecule has 0 atom stereocenters. The van der Waals surface area contributed by atoms with Crippen LogP contribution >= 0.6 is 0 Å². The fraction of sp³-hybridized carbons (Fsp3) is 1.00. The van der Waals surface area contributed by atoms with Crippen molar-refractivity contribution >= 4 is 0 Å². The first-order chi connectivity index (χ1) is 9.84. The van der Waals surface area contributed by atoms with Crippen LogP contribution in [-0.2, 0) is 4.74 Å². The summed E-state index contributed by atoms with van der Waals surface area (Å²) < 4.78 is 5.57. The first-order valence-corrected chi connectivity index (χ1v) is 8.88. The first-order valence-electron chi connectivity index (χ1n) is 8.88. The number of nitrogens with zero attached hydrogens (tertiary/aromatic N) is 1. The van der Waals surface area contributed by atoms with Crippen molar-refractivity contribution in [1.29, 1.82) is 0 Å². The van der Waals surface area contributed by atoms with Gasteiger partial charge in [0.25, 0.3) is 0 Å². The Kier molecular flexibility index (Phi) is 5.36. The predicted octanol–water partition coefficient (Wildman–Crippen LogP) is 3.10. The van der Waals surface area contributed by atoms with E-state index in [9.17, 15) is 5.11 Å². The molecule has 0 radical (unpaired) electrons. The lowest BCUT2D eigenvalue weighted by Gasteiger charge is -2.47. The van der Waals surface area contributed by atoms with Crippen molar-refractivity contribution in [2.45, 2.75) is 94.9 Å². The lowest BCUT2D eigenvalue weighted by molar-refractivity contribution is -0.0320. The molecule has 0 aromatic rings. The molecule has 3 aliphatic rings. The summed E-state index contributed by atoms with van der Waals surface area (Å²) in [6.45, 7) is 1.90. The number of hydrogen-bond donors (Lipinski definition) is 1. The van der Waals surface area contributed by atoms with Gasteiger partial charge in [0.15, 0.2) is 0 Å². The second-order valence-electron chi connectivity index (χ2n) is 7.04. The van der Waals surface area contributed by atoms with Crippen molar-refractivity contribution in [2.24, 2.45) is 0 Å². The van der Waals surface area contributed by atoms with Crippen LogP contribution in [0.25, 0.3) is 0 Å². The molecule has 1 aliphatic heterocycles. The minimum Gasteiger partial charge on any atom is -0.393 e. The molecule has 20 heavy (non-hydrogen) atoms. The van der Waals surface area contributed by atoms with Gasteiger partial charge in [-0.1, -0.05) is 19.3 Å². The second-order valence-corrected chi connectivity index (χ2v) is 7.04. The van der Waals surface area contributed by atoms with Gasteiger partial charge in [0, 0.05) is 31.3 Å². The third-order valence-corrected chi connectivity index (χ3v) is 5.70. The standard InChI is InChI=1S/C17H31NO2/c19-17-8-6-15(7-9-17)18(14-4-2-1-3-5-14)16-10-12-20-13-11-16/h14-17,19H,1-13H2. The normalized spacial score (nSPS) is 34.5. The topological polar surface area (TPSA) is 32.7 Å². The number of aliphatic hydroxyl groups is 1. The van der Waals surface area contributed by atoms with Gasteiger partial charge in [-0.25, -0.2) is 0 Å². The average Bonchev–Trinajstić information content (AvgIpc) is 2.52. The lowest BCUT2D eigenvalue weighted by atomic mass is 9.85. The Balaban J connectivity index is 1.68. The molecule has 3 nitrogen and oxygen atoms in total. The molecule has 1 N–H and O–H groups in total.